The lowest BCUT2D eigenvalue weighted by Crippen LogP contribution is -2.20. The van der Waals surface area contributed by atoms with Crippen LogP contribution in [0.3, 0.4) is 0 Å². The lowest BCUT2D eigenvalue weighted by atomic mass is 9.90. The monoisotopic (exact) mass is 667 g/mol. The lowest BCUT2D eigenvalue weighted by Gasteiger charge is -2.24. The van der Waals surface area contributed by atoms with Crippen LogP contribution in [0.15, 0.2) is 189 Å². The van der Waals surface area contributed by atoms with Gasteiger partial charge in [-0.15, -0.1) is 0 Å². The van der Waals surface area contributed by atoms with Crippen LogP contribution in [0.5, 0.6) is 0 Å². The number of para-hydroxylation sites is 3. The van der Waals surface area contributed by atoms with Crippen LogP contribution in [0.4, 0.5) is 0 Å². The van der Waals surface area contributed by atoms with E-state index in [1.54, 1.807) is 0 Å². The van der Waals surface area contributed by atoms with Gasteiger partial charge in [-0.1, -0.05) is 104 Å². The van der Waals surface area contributed by atoms with Crippen LogP contribution in [-0.2, 0) is 0 Å². The van der Waals surface area contributed by atoms with Crippen molar-refractivity contribution in [3.05, 3.63) is 187 Å². The summed E-state index contributed by atoms with van der Waals surface area (Å²) in [4.78, 5) is 10.3. The van der Waals surface area contributed by atoms with Crippen LogP contribution >= 0.6 is 0 Å². The number of aliphatic imine (C=N–C) groups is 2. The van der Waals surface area contributed by atoms with Crippen molar-refractivity contribution in [1.29, 1.82) is 0 Å². The average Bonchev–Trinajstić information content (AvgIpc) is 3.87. The van der Waals surface area contributed by atoms with E-state index in [1.165, 1.54) is 21.8 Å². The van der Waals surface area contributed by atoms with Crippen molar-refractivity contribution in [2.24, 2.45) is 9.98 Å². The van der Waals surface area contributed by atoms with E-state index in [1.807, 2.05) is 42.5 Å². The highest BCUT2D eigenvalue weighted by Crippen LogP contribution is 2.39. The second-order valence-corrected chi connectivity index (χ2v) is 13.4. The van der Waals surface area contributed by atoms with Gasteiger partial charge >= 0.3 is 0 Å². The first kappa shape index (κ1) is 28.8. The van der Waals surface area contributed by atoms with Crippen molar-refractivity contribution in [2.45, 2.75) is 6.04 Å². The molecule has 0 N–H and O–H groups in total. The smallest absolute Gasteiger partial charge is 0.156 e. The van der Waals surface area contributed by atoms with Gasteiger partial charge in [0.2, 0.25) is 0 Å². The minimum absolute atomic E-state index is 0.356. The molecule has 0 fully saturated rings. The summed E-state index contributed by atoms with van der Waals surface area (Å²) in [5.41, 5.74) is 11.4. The maximum atomic E-state index is 6.54. The van der Waals surface area contributed by atoms with Gasteiger partial charge in [-0.3, -0.25) is 4.99 Å². The van der Waals surface area contributed by atoms with Crippen molar-refractivity contribution in [2.75, 3.05) is 0 Å². The number of fused-ring (bicyclic) bond motifs is 9. The lowest BCUT2D eigenvalue weighted by molar-refractivity contribution is 0.667. The molecule has 1 aliphatic heterocycles. The van der Waals surface area contributed by atoms with Gasteiger partial charge in [-0.25, -0.2) is 4.99 Å². The molecular formula is C47H29N3O2. The molecule has 0 radical (unpaired) electrons. The topological polar surface area (TPSA) is 55.9 Å². The van der Waals surface area contributed by atoms with Gasteiger partial charge in [-0.05, 0) is 66.2 Å². The molecule has 3 aromatic heterocycles. The maximum absolute atomic E-state index is 6.54. The Hall–Kier alpha value is -6.98. The van der Waals surface area contributed by atoms with E-state index in [9.17, 15) is 0 Å². The molecule has 1 unspecified atom stereocenters. The molecule has 52 heavy (non-hydrogen) atoms. The summed E-state index contributed by atoms with van der Waals surface area (Å²) >= 11 is 0. The van der Waals surface area contributed by atoms with E-state index in [0.29, 0.717) is 5.84 Å². The quantitative estimate of drug-likeness (QED) is 0.188. The fourth-order valence-corrected chi connectivity index (χ4v) is 7.95. The van der Waals surface area contributed by atoms with E-state index >= 15 is 0 Å². The van der Waals surface area contributed by atoms with Crippen molar-refractivity contribution in [3.63, 3.8) is 0 Å². The molecule has 11 rings (SSSR count). The Balaban J connectivity index is 1.04. The normalized spacial score (nSPS) is 15.0. The summed E-state index contributed by atoms with van der Waals surface area (Å²) in [6.45, 7) is 4.61. The third-order valence-electron chi connectivity index (χ3n) is 10.4. The molecule has 0 bridgehead atoms. The third kappa shape index (κ3) is 4.29. The first-order valence-electron chi connectivity index (χ1n) is 17.5. The second kappa shape index (κ2) is 11.0. The number of nitrogens with zero attached hydrogens (tertiary/aromatic N) is 3. The van der Waals surface area contributed by atoms with Gasteiger partial charge in [0.1, 0.15) is 28.4 Å². The Morgan fingerprint density at radius 1 is 0.481 bits per heavy atom. The van der Waals surface area contributed by atoms with E-state index in [-0.39, 0.29) is 6.04 Å². The van der Waals surface area contributed by atoms with Crippen LogP contribution in [0.1, 0.15) is 22.7 Å². The zero-order chi connectivity index (χ0) is 34.3. The van der Waals surface area contributed by atoms with Crippen molar-refractivity contribution in [3.8, 4) is 5.69 Å². The average molecular weight is 668 g/mol. The standard InChI is InChI=1S/C47H29N3O2/c1-28-45(30-20-23-42-37(25-30)35-15-7-10-18-41(35)51-42)48-47(29-11-3-2-4-12-29)49-46(28)31-19-22-36-38-27-32(21-24-43(38)52-44(36)26-31)50-39-16-8-5-13-33(39)34-14-6-9-17-40(34)50/h2-27,46H,1H2. The van der Waals surface area contributed by atoms with Gasteiger partial charge in [0.25, 0.3) is 0 Å². The minimum Gasteiger partial charge on any atom is -0.456 e. The Labute approximate surface area is 298 Å². The fraction of sp³-hybridized carbons (Fsp3) is 0.0213. The van der Waals surface area contributed by atoms with E-state index < -0.39 is 0 Å². The van der Waals surface area contributed by atoms with Gasteiger partial charge in [0.05, 0.1) is 16.7 Å². The summed E-state index contributed by atoms with van der Waals surface area (Å²) in [5.74, 6) is 0.672. The second-order valence-electron chi connectivity index (χ2n) is 13.4. The molecule has 4 heterocycles. The molecule has 244 valence electrons. The summed E-state index contributed by atoms with van der Waals surface area (Å²) < 4.78 is 15.0. The van der Waals surface area contributed by atoms with Gasteiger partial charge < -0.3 is 13.4 Å². The van der Waals surface area contributed by atoms with Gasteiger partial charge in [-0.2, -0.15) is 0 Å². The van der Waals surface area contributed by atoms with Crippen LogP contribution in [0, 0.1) is 0 Å². The molecule has 1 atom stereocenters. The van der Waals surface area contributed by atoms with Gasteiger partial charge in [0.15, 0.2) is 5.84 Å². The Morgan fingerprint density at radius 3 is 1.88 bits per heavy atom. The summed E-state index contributed by atoms with van der Waals surface area (Å²) in [7, 11) is 0. The molecule has 0 spiro atoms. The summed E-state index contributed by atoms with van der Waals surface area (Å²) in [6, 6.07) is 54.2. The molecule has 0 saturated heterocycles. The molecule has 0 saturated carbocycles. The van der Waals surface area contributed by atoms with Crippen LogP contribution in [-0.4, -0.2) is 16.1 Å². The zero-order valence-electron chi connectivity index (χ0n) is 28.0. The molecule has 5 nitrogen and oxygen atoms in total. The first-order valence-corrected chi connectivity index (χ1v) is 17.5. The van der Waals surface area contributed by atoms with Crippen molar-refractivity contribution in [1.82, 2.24) is 4.57 Å². The molecule has 10 aromatic rings. The van der Waals surface area contributed by atoms with Crippen LogP contribution < -0.4 is 0 Å². The number of hydrogen-bond donors (Lipinski definition) is 0. The summed E-state index contributed by atoms with van der Waals surface area (Å²) in [6.07, 6.45) is 0. The highest BCUT2D eigenvalue weighted by Gasteiger charge is 2.27. The van der Waals surface area contributed by atoms with Crippen LogP contribution in [0.25, 0.3) is 71.4 Å². The molecule has 0 aliphatic carbocycles. The predicted octanol–water partition coefficient (Wildman–Crippen LogP) is 12.1. The number of rotatable bonds is 4. The Bertz CT molecular complexity index is 3100. The van der Waals surface area contributed by atoms with E-state index in [2.05, 4.69) is 126 Å². The van der Waals surface area contributed by atoms with Crippen molar-refractivity contribution < 1.29 is 8.83 Å². The Kier molecular flexibility index (Phi) is 6.10. The van der Waals surface area contributed by atoms with Gasteiger partial charge in [0, 0.05) is 54.7 Å². The van der Waals surface area contributed by atoms with Crippen molar-refractivity contribution >= 4 is 77.2 Å². The largest absolute Gasteiger partial charge is 0.456 e. The molecule has 1 aliphatic rings. The highest BCUT2D eigenvalue weighted by atomic mass is 16.3. The SMILES string of the molecule is C=C1C(c2ccc3oc4ccccc4c3c2)=NC(c2ccccc2)=NC1c1ccc2c(c1)oc1ccc(-n3c4ccccc4c4ccccc43)cc12. The first-order chi connectivity index (χ1) is 25.7. The number of furan rings is 2. The number of benzene rings is 7. The van der Waals surface area contributed by atoms with E-state index in [0.717, 1.165) is 77.5 Å². The third-order valence-corrected chi connectivity index (χ3v) is 10.4. The highest BCUT2D eigenvalue weighted by molar-refractivity contribution is 6.23. The maximum Gasteiger partial charge on any atom is 0.156 e. The number of hydrogen-bond acceptors (Lipinski definition) is 4. The minimum atomic E-state index is -0.356. The fourth-order valence-electron chi connectivity index (χ4n) is 7.95. The molecule has 7 aromatic carbocycles. The van der Waals surface area contributed by atoms with Crippen LogP contribution in [0.2, 0.25) is 0 Å². The summed E-state index contributed by atoms with van der Waals surface area (Å²) in [5, 5.41) is 6.73. The number of amidine groups is 1. The molecule has 5 heteroatoms. The predicted molar refractivity (Wildman–Crippen MR) is 213 cm³/mol. The molecular weight excluding hydrogens is 639 g/mol. The number of aromatic nitrogens is 1. The Morgan fingerprint density at radius 2 is 1.10 bits per heavy atom. The zero-order valence-corrected chi connectivity index (χ0v) is 28.0. The van der Waals surface area contributed by atoms with E-state index in [4.69, 9.17) is 18.8 Å². The molecule has 0 amide bonds.